The molecule has 1 aromatic heterocycles. The normalized spacial score (nSPS) is 16.8. The Morgan fingerprint density at radius 3 is 2.76 bits per heavy atom. The second-order valence-corrected chi connectivity index (χ2v) is 6.77. The second-order valence-electron chi connectivity index (χ2n) is 6.77. The molecule has 5 heteroatoms. The Morgan fingerprint density at radius 1 is 1.12 bits per heavy atom. The topological polar surface area (TPSA) is 63.4 Å². The van der Waals surface area contributed by atoms with Gasteiger partial charge in [-0.3, -0.25) is 4.79 Å². The summed E-state index contributed by atoms with van der Waals surface area (Å²) >= 11 is 0. The molecular formula is C20H18N2O3. The predicted octanol–water partition coefficient (Wildman–Crippen LogP) is 3.88. The molecule has 5 rings (SSSR count). The van der Waals surface area contributed by atoms with Gasteiger partial charge in [-0.2, -0.15) is 0 Å². The molecule has 0 atom stereocenters. The minimum absolute atomic E-state index is 0.0409. The molecule has 5 nitrogen and oxygen atoms in total. The first-order valence-electron chi connectivity index (χ1n) is 8.46. The average molecular weight is 334 g/mol. The van der Waals surface area contributed by atoms with Crippen molar-refractivity contribution < 1.29 is 14.3 Å². The minimum Gasteiger partial charge on any atom is -0.454 e. The van der Waals surface area contributed by atoms with Crippen molar-refractivity contribution in [3.05, 3.63) is 53.7 Å². The molecule has 1 aliphatic heterocycles. The molecule has 0 spiro atoms. The number of H-pyrrole nitrogens is 1. The van der Waals surface area contributed by atoms with Crippen LogP contribution >= 0.6 is 0 Å². The van der Waals surface area contributed by atoms with E-state index in [0.717, 1.165) is 40.7 Å². The van der Waals surface area contributed by atoms with Crippen LogP contribution in [-0.4, -0.2) is 17.7 Å². The van der Waals surface area contributed by atoms with Crippen LogP contribution in [0.5, 0.6) is 11.5 Å². The van der Waals surface area contributed by atoms with Crippen molar-refractivity contribution in [3.63, 3.8) is 0 Å². The summed E-state index contributed by atoms with van der Waals surface area (Å²) in [6.07, 6.45) is 1.73. The Morgan fingerprint density at radius 2 is 1.92 bits per heavy atom. The SMILES string of the molecule is Cc1[nH]c2ccccc2c1C1(C(=O)Nc2ccc3c(c2)OCO3)CC1. The van der Waals surface area contributed by atoms with E-state index < -0.39 is 5.41 Å². The third-order valence-electron chi connectivity index (χ3n) is 5.19. The molecule has 25 heavy (non-hydrogen) atoms. The molecule has 2 aromatic carbocycles. The summed E-state index contributed by atoms with van der Waals surface area (Å²) in [4.78, 5) is 16.5. The van der Waals surface area contributed by atoms with Gasteiger partial charge in [0.05, 0.1) is 5.41 Å². The van der Waals surface area contributed by atoms with Crippen molar-refractivity contribution in [2.45, 2.75) is 25.2 Å². The quantitative estimate of drug-likeness (QED) is 0.764. The highest BCUT2D eigenvalue weighted by Gasteiger charge is 2.53. The predicted molar refractivity (Wildman–Crippen MR) is 95.1 cm³/mol. The number of carbonyl (C=O) groups excluding carboxylic acids is 1. The number of aryl methyl sites for hydroxylation is 1. The van der Waals surface area contributed by atoms with Crippen LogP contribution in [0, 0.1) is 6.92 Å². The van der Waals surface area contributed by atoms with E-state index in [-0.39, 0.29) is 12.7 Å². The molecule has 0 unspecified atom stereocenters. The summed E-state index contributed by atoms with van der Waals surface area (Å²) < 4.78 is 10.7. The first kappa shape index (κ1) is 14.4. The van der Waals surface area contributed by atoms with Gasteiger partial charge in [0.2, 0.25) is 12.7 Å². The van der Waals surface area contributed by atoms with Crippen LogP contribution in [0.15, 0.2) is 42.5 Å². The summed E-state index contributed by atoms with van der Waals surface area (Å²) in [6.45, 7) is 2.27. The maximum atomic E-state index is 13.1. The molecule has 2 N–H and O–H groups in total. The molecule has 3 aromatic rings. The molecule has 0 bridgehead atoms. The number of amides is 1. The number of para-hydroxylation sites is 1. The number of nitrogens with one attached hydrogen (secondary N) is 2. The monoisotopic (exact) mass is 334 g/mol. The highest BCUT2D eigenvalue weighted by atomic mass is 16.7. The molecule has 2 aliphatic rings. The van der Waals surface area contributed by atoms with Gasteiger partial charge >= 0.3 is 0 Å². The lowest BCUT2D eigenvalue weighted by molar-refractivity contribution is -0.118. The van der Waals surface area contributed by atoms with Gasteiger partial charge in [0.15, 0.2) is 11.5 Å². The lowest BCUT2D eigenvalue weighted by atomic mass is 9.92. The highest BCUT2D eigenvalue weighted by Crippen LogP contribution is 2.52. The van der Waals surface area contributed by atoms with Crippen molar-refractivity contribution in [1.29, 1.82) is 0 Å². The van der Waals surface area contributed by atoms with Gasteiger partial charge in [-0.15, -0.1) is 0 Å². The van der Waals surface area contributed by atoms with Crippen LogP contribution in [-0.2, 0) is 10.2 Å². The standard InChI is InChI=1S/C20H18N2O3/c1-12-18(14-4-2-3-5-15(14)21-12)20(8-9-20)19(23)22-13-6-7-16-17(10-13)25-11-24-16/h2-7,10,21H,8-9,11H2,1H3,(H,22,23). The van der Waals surface area contributed by atoms with Gasteiger partial charge in [0.1, 0.15) is 0 Å². The molecular weight excluding hydrogens is 316 g/mol. The molecule has 2 heterocycles. The average Bonchev–Trinajstić information content (AvgIpc) is 3.14. The second kappa shape index (κ2) is 5.02. The summed E-state index contributed by atoms with van der Waals surface area (Å²) in [5.74, 6) is 1.43. The Labute approximate surface area is 144 Å². The number of hydrogen-bond donors (Lipinski definition) is 2. The number of aromatic nitrogens is 1. The number of rotatable bonds is 3. The van der Waals surface area contributed by atoms with E-state index in [0.29, 0.717) is 11.5 Å². The highest BCUT2D eigenvalue weighted by molar-refractivity contribution is 6.05. The maximum absolute atomic E-state index is 13.1. The van der Waals surface area contributed by atoms with Gasteiger partial charge in [-0.1, -0.05) is 18.2 Å². The fourth-order valence-electron chi connectivity index (χ4n) is 3.83. The Hall–Kier alpha value is -2.95. The van der Waals surface area contributed by atoms with Gasteiger partial charge in [-0.05, 0) is 43.5 Å². The smallest absolute Gasteiger partial charge is 0.235 e. The van der Waals surface area contributed by atoms with Crippen LogP contribution < -0.4 is 14.8 Å². The van der Waals surface area contributed by atoms with Gasteiger partial charge in [0.25, 0.3) is 0 Å². The number of carbonyl (C=O) groups is 1. The maximum Gasteiger partial charge on any atom is 0.235 e. The van der Waals surface area contributed by atoms with Gasteiger partial charge < -0.3 is 19.8 Å². The first-order chi connectivity index (χ1) is 12.2. The van der Waals surface area contributed by atoms with Gasteiger partial charge in [-0.25, -0.2) is 0 Å². The summed E-state index contributed by atoms with van der Waals surface area (Å²) in [5.41, 5.74) is 3.57. The van der Waals surface area contributed by atoms with Crippen LogP contribution in [0.1, 0.15) is 24.1 Å². The number of anilines is 1. The van der Waals surface area contributed by atoms with Crippen molar-refractivity contribution in [2.24, 2.45) is 0 Å². The molecule has 0 saturated heterocycles. The third-order valence-corrected chi connectivity index (χ3v) is 5.19. The number of ether oxygens (including phenoxy) is 2. The Bertz CT molecular complexity index is 1000. The largest absolute Gasteiger partial charge is 0.454 e. The van der Waals surface area contributed by atoms with E-state index in [1.165, 1.54) is 0 Å². The summed E-state index contributed by atoms with van der Waals surface area (Å²) in [7, 11) is 0. The van der Waals surface area contributed by atoms with Crippen molar-refractivity contribution in [2.75, 3.05) is 12.1 Å². The van der Waals surface area contributed by atoms with E-state index >= 15 is 0 Å². The Balaban J connectivity index is 1.49. The Kier molecular flexibility index (Phi) is 2.89. The van der Waals surface area contributed by atoms with Crippen LogP contribution in [0.3, 0.4) is 0 Å². The number of benzene rings is 2. The molecule has 1 amide bonds. The van der Waals surface area contributed by atoms with Gasteiger partial charge in [0, 0.05) is 28.4 Å². The fourth-order valence-corrected chi connectivity index (χ4v) is 3.83. The van der Waals surface area contributed by atoms with E-state index in [1.54, 1.807) is 0 Å². The molecule has 1 saturated carbocycles. The van der Waals surface area contributed by atoms with E-state index in [1.807, 2.05) is 37.3 Å². The number of hydrogen-bond acceptors (Lipinski definition) is 3. The van der Waals surface area contributed by atoms with Crippen molar-refractivity contribution in [1.82, 2.24) is 4.98 Å². The molecule has 126 valence electrons. The zero-order valence-corrected chi connectivity index (χ0v) is 13.9. The minimum atomic E-state index is -0.444. The zero-order chi connectivity index (χ0) is 17.0. The molecule has 0 radical (unpaired) electrons. The lowest BCUT2D eigenvalue weighted by Crippen LogP contribution is -2.28. The zero-order valence-electron chi connectivity index (χ0n) is 13.9. The third kappa shape index (κ3) is 2.12. The summed E-state index contributed by atoms with van der Waals surface area (Å²) in [5, 5.41) is 4.20. The number of fused-ring (bicyclic) bond motifs is 2. The van der Waals surface area contributed by atoms with E-state index in [4.69, 9.17) is 9.47 Å². The van der Waals surface area contributed by atoms with Crippen LogP contribution in [0.2, 0.25) is 0 Å². The first-order valence-corrected chi connectivity index (χ1v) is 8.46. The van der Waals surface area contributed by atoms with E-state index in [9.17, 15) is 4.79 Å². The van der Waals surface area contributed by atoms with E-state index in [2.05, 4.69) is 22.4 Å². The van der Waals surface area contributed by atoms with Crippen molar-refractivity contribution in [3.8, 4) is 11.5 Å². The molecule has 1 fully saturated rings. The van der Waals surface area contributed by atoms with Crippen molar-refractivity contribution >= 4 is 22.5 Å². The summed E-state index contributed by atoms with van der Waals surface area (Å²) in [6, 6.07) is 13.7. The molecule has 1 aliphatic carbocycles. The fraction of sp³-hybridized carbons (Fsp3) is 0.250. The van der Waals surface area contributed by atoms with Crippen LogP contribution in [0.25, 0.3) is 10.9 Å². The lowest BCUT2D eigenvalue weighted by Gasteiger charge is -2.16. The number of aromatic amines is 1. The van der Waals surface area contributed by atoms with Crippen LogP contribution in [0.4, 0.5) is 5.69 Å².